The Bertz CT molecular complexity index is 369. The zero-order valence-corrected chi connectivity index (χ0v) is 10.4. The van der Waals surface area contributed by atoms with E-state index in [1.165, 1.54) is 6.42 Å². The normalized spacial score (nSPS) is 15.9. The van der Waals surface area contributed by atoms with Crippen LogP contribution in [0.5, 0.6) is 0 Å². The first-order valence-corrected chi connectivity index (χ1v) is 6.48. The van der Waals surface area contributed by atoms with Crippen molar-refractivity contribution in [2.75, 3.05) is 16.8 Å². The van der Waals surface area contributed by atoms with Crippen molar-refractivity contribution < 1.29 is 8.78 Å². The topological polar surface area (TPSA) is 16.1 Å². The number of anilines is 1. The van der Waals surface area contributed by atoms with Gasteiger partial charge in [0.25, 0.3) is 0 Å². The molecule has 0 aromatic carbocycles. The average Bonchev–Trinajstić information content (AvgIpc) is 2.14. The molecule has 0 amide bonds. The largest absolute Gasteiger partial charge is 0.350 e. The molecule has 0 atom stereocenters. The van der Waals surface area contributed by atoms with Crippen LogP contribution < -0.4 is 4.90 Å². The number of rotatable bonds is 4. The van der Waals surface area contributed by atoms with Crippen LogP contribution in [0.3, 0.4) is 0 Å². The van der Waals surface area contributed by atoms with E-state index >= 15 is 0 Å². The molecule has 1 aromatic rings. The lowest BCUT2D eigenvalue weighted by molar-refractivity contribution is 0.384. The van der Waals surface area contributed by atoms with Crippen LogP contribution in [0.4, 0.5) is 14.6 Å². The third-order valence-electron chi connectivity index (χ3n) is 2.90. The molecule has 1 aliphatic rings. The first-order chi connectivity index (χ1) is 7.72. The molecule has 1 aliphatic carbocycles. The van der Waals surface area contributed by atoms with Gasteiger partial charge in [-0.15, -0.1) is 0 Å². The molecule has 2 rings (SSSR count). The summed E-state index contributed by atoms with van der Waals surface area (Å²) in [4.78, 5) is 5.78. The van der Waals surface area contributed by atoms with Crippen LogP contribution in [0.15, 0.2) is 12.3 Å². The maximum Gasteiger partial charge on any atom is 0.168 e. The SMILES string of the molecule is Fc1cnc(N(CCBr)C2CCC2)c(F)c1. The lowest BCUT2D eigenvalue weighted by atomic mass is 9.91. The Kier molecular flexibility index (Phi) is 3.74. The minimum atomic E-state index is -0.631. The van der Waals surface area contributed by atoms with Gasteiger partial charge in [0.05, 0.1) is 6.20 Å². The summed E-state index contributed by atoms with van der Waals surface area (Å²) >= 11 is 3.34. The van der Waals surface area contributed by atoms with Crippen LogP contribution in [0.1, 0.15) is 19.3 Å². The van der Waals surface area contributed by atoms with E-state index in [4.69, 9.17) is 0 Å². The lowest BCUT2D eigenvalue weighted by Crippen LogP contribution is -2.42. The van der Waals surface area contributed by atoms with Crippen molar-refractivity contribution in [2.24, 2.45) is 0 Å². The van der Waals surface area contributed by atoms with Crippen LogP contribution in [0.25, 0.3) is 0 Å². The van der Waals surface area contributed by atoms with Crippen molar-refractivity contribution in [2.45, 2.75) is 25.3 Å². The van der Waals surface area contributed by atoms with Crippen LogP contribution in [-0.4, -0.2) is 22.9 Å². The maximum atomic E-state index is 13.6. The first kappa shape index (κ1) is 11.8. The predicted octanol–water partition coefficient (Wildman–Crippen LogP) is 3.11. The monoisotopic (exact) mass is 290 g/mol. The second-order valence-corrected chi connectivity index (χ2v) is 4.72. The zero-order chi connectivity index (χ0) is 11.5. The fourth-order valence-electron chi connectivity index (χ4n) is 1.87. The summed E-state index contributed by atoms with van der Waals surface area (Å²) in [6, 6.07) is 1.24. The van der Waals surface area contributed by atoms with Gasteiger partial charge < -0.3 is 4.90 Å². The van der Waals surface area contributed by atoms with Gasteiger partial charge in [0.1, 0.15) is 5.82 Å². The molecular formula is C11H13BrF2N2. The van der Waals surface area contributed by atoms with Crippen LogP contribution >= 0.6 is 15.9 Å². The van der Waals surface area contributed by atoms with Gasteiger partial charge >= 0.3 is 0 Å². The highest BCUT2D eigenvalue weighted by atomic mass is 79.9. The summed E-state index contributed by atoms with van der Waals surface area (Å²) in [5.41, 5.74) is 0. The minimum absolute atomic E-state index is 0.269. The number of alkyl halides is 1. The lowest BCUT2D eigenvalue weighted by Gasteiger charge is -2.38. The van der Waals surface area contributed by atoms with Gasteiger partial charge in [0, 0.05) is 24.0 Å². The van der Waals surface area contributed by atoms with Crippen molar-refractivity contribution in [3.8, 4) is 0 Å². The second-order valence-electron chi connectivity index (χ2n) is 3.93. The van der Waals surface area contributed by atoms with Crippen LogP contribution in [0.2, 0.25) is 0 Å². The van der Waals surface area contributed by atoms with E-state index in [2.05, 4.69) is 20.9 Å². The molecule has 16 heavy (non-hydrogen) atoms. The van der Waals surface area contributed by atoms with E-state index in [9.17, 15) is 8.78 Å². The Balaban J connectivity index is 2.23. The summed E-state index contributed by atoms with van der Waals surface area (Å²) in [5.74, 6) is -0.938. The first-order valence-electron chi connectivity index (χ1n) is 5.36. The smallest absolute Gasteiger partial charge is 0.168 e. The van der Waals surface area contributed by atoms with E-state index in [1.54, 1.807) is 0 Å². The summed E-state index contributed by atoms with van der Waals surface area (Å²) in [6.45, 7) is 0.695. The molecule has 88 valence electrons. The molecule has 1 aromatic heterocycles. The summed E-state index contributed by atoms with van der Waals surface area (Å²) in [6.07, 6.45) is 4.36. The highest BCUT2D eigenvalue weighted by Gasteiger charge is 2.27. The van der Waals surface area contributed by atoms with Crippen molar-refractivity contribution >= 4 is 21.7 Å². The molecule has 0 bridgehead atoms. The molecular weight excluding hydrogens is 278 g/mol. The molecule has 0 N–H and O–H groups in total. The number of aromatic nitrogens is 1. The molecule has 0 saturated heterocycles. The van der Waals surface area contributed by atoms with Gasteiger partial charge in [-0.2, -0.15) is 0 Å². The molecule has 0 aliphatic heterocycles. The van der Waals surface area contributed by atoms with Crippen molar-refractivity contribution in [1.29, 1.82) is 0 Å². The highest BCUT2D eigenvalue weighted by molar-refractivity contribution is 9.09. The Morgan fingerprint density at radius 2 is 2.19 bits per heavy atom. The number of nitrogens with zero attached hydrogens (tertiary/aromatic N) is 2. The standard InChI is InChI=1S/C11H13BrF2N2/c12-4-5-16(9-2-1-3-9)11-10(14)6-8(13)7-15-11/h6-7,9H,1-5H2. The second kappa shape index (κ2) is 5.08. The van der Waals surface area contributed by atoms with Crippen LogP contribution in [0, 0.1) is 11.6 Å². The molecule has 2 nitrogen and oxygen atoms in total. The van der Waals surface area contributed by atoms with Gasteiger partial charge in [0.2, 0.25) is 0 Å². The van der Waals surface area contributed by atoms with Gasteiger partial charge in [-0.05, 0) is 19.3 Å². The van der Waals surface area contributed by atoms with Gasteiger partial charge in [-0.25, -0.2) is 13.8 Å². The molecule has 5 heteroatoms. The molecule has 0 spiro atoms. The molecule has 0 unspecified atom stereocenters. The van der Waals surface area contributed by atoms with Crippen molar-refractivity contribution in [3.63, 3.8) is 0 Å². The van der Waals surface area contributed by atoms with Crippen molar-refractivity contribution in [1.82, 2.24) is 4.98 Å². The van der Waals surface area contributed by atoms with E-state index < -0.39 is 11.6 Å². The van der Waals surface area contributed by atoms with Crippen LogP contribution in [-0.2, 0) is 0 Å². The third kappa shape index (κ3) is 2.34. The molecule has 0 radical (unpaired) electrons. The fraction of sp³-hybridized carbons (Fsp3) is 0.545. The van der Waals surface area contributed by atoms with E-state index in [-0.39, 0.29) is 5.82 Å². The summed E-state index contributed by atoms with van der Waals surface area (Å²) in [5, 5.41) is 0.752. The number of hydrogen-bond donors (Lipinski definition) is 0. The highest BCUT2D eigenvalue weighted by Crippen LogP contribution is 2.29. The summed E-state index contributed by atoms with van der Waals surface area (Å²) in [7, 11) is 0. The molecule has 1 saturated carbocycles. The van der Waals surface area contributed by atoms with Gasteiger partial charge in [0.15, 0.2) is 11.6 Å². The average molecular weight is 291 g/mol. The quantitative estimate of drug-likeness (QED) is 0.792. The Morgan fingerprint density at radius 3 is 2.69 bits per heavy atom. The number of halogens is 3. The number of hydrogen-bond acceptors (Lipinski definition) is 2. The van der Waals surface area contributed by atoms with Gasteiger partial charge in [-0.3, -0.25) is 0 Å². The molecule has 1 fully saturated rings. The minimum Gasteiger partial charge on any atom is -0.350 e. The fourth-order valence-corrected chi connectivity index (χ4v) is 2.25. The van der Waals surface area contributed by atoms with Gasteiger partial charge in [-0.1, -0.05) is 15.9 Å². The predicted molar refractivity (Wildman–Crippen MR) is 62.9 cm³/mol. The zero-order valence-electron chi connectivity index (χ0n) is 8.80. The Labute approximate surface area is 102 Å². The number of pyridine rings is 1. The third-order valence-corrected chi connectivity index (χ3v) is 3.26. The van der Waals surface area contributed by atoms with E-state index in [0.717, 1.165) is 30.4 Å². The Hall–Kier alpha value is -0.710. The Morgan fingerprint density at radius 1 is 1.44 bits per heavy atom. The maximum absolute atomic E-state index is 13.6. The summed E-state index contributed by atoms with van der Waals surface area (Å²) < 4.78 is 26.3. The van der Waals surface area contributed by atoms with Crippen molar-refractivity contribution in [3.05, 3.63) is 23.9 Å². The molecule has 1 heterocycles. The van der Waals surface area contributed by atoms with E-state index in [0.29, 0.717) is 12.6 Å². The van der Waals surface area contributed by atoms with E-state index in [1.807, 2.05) is 4.90 Å².